The number of rotatable bonds is 6. The molecule has 0 amide bonds. The van der Waals surface area contributed by atoms with E-state index in [2.05, 4.69) is 193 Å². The van der Waals surface area contributed by atoms with Gasteiger partial charge < -0.3 is 4.90 Å². The van der Waals surface area contributed by atoms with Crippen LogP contribution in [0.2, 0.25) is 0 Å². The Morgan fingerprint density at radius 1 is 0.292 bits per heavy atom. The van der Waals surface area contributed by atoms with Crippen LogP contribution in [0, 0.1) is 0 Å². The molecule has 0 unspecified atom stereocenters. The van der Waals surface area contributed by atoms with Gasteiger partial charge in [0.05, 0.1) is 0 Å². The largest absolute Gasteiger partial charge is 0.311 e. The number of thiophene rings is 1. The summed E-state index contributed by atoms with van der Waals surface area (Å²) in [5, 5.41) is 5.24. The number of fused-ring (bicyclic) bond motifs is 4. The summed E-state index contributed by atoms with van der Waals surface area (Å²) in [7, 11) is 0. The third kappa shape index (κ3) is 5.23. The second kappa shape index (κ2) is 12.0. The molecule has 0 bridgehead atoms. The Morgan fingerprint density at radius 2 is 0.688 bits per heavy atom. The molecule has 1 nitrogen and oxygen atoms in total. The zero-order valence-electron chi connectivity index (χ0n) is 26.3. The van der Waals surface area contributed by atoms with Gasteiger partial charge in [-0.25, -0.2) is 0 Å². The Balaban J connectivity index is 1.08. The van der Waals surface area contributed by atoms with Crippen LogP contribution in [-0.4, -0.2) is 0 Å². The smallest absolute Gasteiger partial charge is 0.0462 e. The Morgan fingerprint density at radius 3 is 1.21 bits per heavy atom. The van der Waals surface area contributed by atoms with Crippen LogP contribution in [0.15, 0.2) is 188 Å². The molecule has 1 heterocycles. The molecule has 9 rings (SSSR count). The van der Waals surface area contributed by atoms with Crippen molar-refractivity contribution < 1.29 is 0 Å². The van der Waals surface area contributed by atoms with Crippen molar-refractivity contribution in [1.29, 1.82) is 0 Å². The van der Waals surface area contributed by atoms with Crippen LogP contribution in [-0.2, 0) is 0 Å². The SMILES string of the molecule is c1ccc(-c2ccc(N(c3ccc(-c4ccccc4)cc3)c3ccc(-c4ccc5c(c4)sc4cc6ccccc6cc45)cc3)cc2)cc1. The van der Waals surface area contributed by atoms with Crippen LogP contribution in [0.4, 0.5) is 17.1 Å². The molecule has 0 saturated heterocycles. The van der Waals surface area contributed by atoms with Crippen LogP contribution in [0.25, 0.3) is 64.3 Å². The summed E-state index contributed by atoms with van der Waals surface area (Å²) < 4.78 is 2.66. The Labute approximate surface area is 284 Å². The van der Waals surface area contributed by atoms with Crippen LogP contribution in [0.1, 0.15) is 0 Å². The number of benzene rings is 8. The maximum Gasteiger partial charge on any atom is 0.0462 e. The van der Waals surface area contributed by atoms with E-state index in [9.17, 15) is 0 Å². The molecule has 0 aliphatic carbocycles. The van der Waals surface area contributed by atoms with E-state index in [1.165, 1.54) is 64.3 Å². The first-order valence-electron chi connectivity index (χ1n) is 16.3. The molecule has 48 heavy (non-hydrogen) atoms. The highest BCUT2D eigenvalue weighted by molar-refractivity contribution is 7.25. The van der Waals surface area contributed by atoms with E-state index < -0.39 is 0 Å². The van der Waals surface area contributed by atoms with E-state index in [1.807, 2.05) is 11.3 Å². The van der Waals surface area contributed by atoms with Gasteiger partial charge in [0.25, 0.3) is 0 Å². The number of hydrogen-bond acceptors (Lipinski definition) is 2. The second-order valence-corrected chi connectivity index (χ2v) is 13.3. The van der Waals surface area contributed by atoms with Crippen LogP contribution in [0.5, 0.6) is 0 Å². The van der Waals surface area contributed by atoms with Gasteiger partial charge in [-0.05, 0) is 98.8 Å². The maximum atomic E-state index is 2.35. The maximum absolute atomic E-state index is 2.35. The van der Waals surface area contributed by atoms with Gasteiger partial charge in [0.2, 0.25) is 0 Å². The lowest BCUT2D eigenvalue weighted by atomic mass is 10.0. The highest BCUT2D eigenvalue weighted by Gasteiger charge is 2.14. The summed E-state index contributed by atoms with van der Waals surface area (Å²) in [5.41, 5.74) is 10.7. The van der Waals surface area contributed by atoms with Crippen LogP contribution < -0.4 is 4.90 Å². The molecule has 0 aliphatic heterocycles. The molecule has 8 aromatic carbocycles. The minimum Gasteiger partial charge on any atom is -0.311 e. The van der Waals surface area contributed by atoms with Crippen molar-refractivity contribution in [2.45, 2.75) is 0 Å². The van der Waals surface area contributed by atoms with E-state index in [4.69, 9.17) is 0 Å². The van der Waals surface area contributed by atoms with Crippen LogP contribution in [0.3, 0.4) is 0 Å². The summed E-state index contributed by atoms with van der Waals surface area (Å²) in [6, 6.07) is 68.1. The van der Waals surface area contributed by atoms with Gasteiger partial charge in [-0.15, -0.1) is 11.3 Å². The van der Waals surface area contributed by atoms with E-state index in [-0.39, 0.29) is 0 Å². The molecule has 0 radical (unpaired) electrons. The Kier molecular flexibility index (Phi) is 7.07. The normalized spacial score (nSPS) is 11.3. The van der Waals surface area contributed by atoms with E-state index in [1.54, 1.807) is 0 Å². The molecule has 0 atom stereocenters. The van der Waals surface area contributed by atoms with Gasteiger partial charge in [0, 0.05) is 37.2 Å². The molecule has 0 saturated carbocycles. The summed E-state index contributed by atoms with van der Waals surface area (Å²) in [6.45, 7) is 0. The number of hydrogen-bond donors (Lipinski definition) is 0. The van der Waals surface area contributed by atoms with Gasteiger partial charge in [-0.1, -0.05) is 133 Å². The predicted molar refractivity (Wildman–Crippen MR) is 208 cm³/mol. The first-order valence-corrected chi connectivity index (χ1v) is 17.2. The summed E-state index contributed by atoms with van der Waals surface area (Å²) in [4.78, 5) is 2.34. The Hall–Kier alpha value is -5.96. The minimum atomic E-state index is 1.12. The number of nitrogens with zero attached hydrogens (tertiary/aromatic N) is 1. The lowest BCUT2D eigenvalue weighted by molar-refractivity contribution is 1.28. The third-order valence-electron chi connectivity index (χ3n) is 9.26. The lowest BCUT2D eigenvalue weighted by Gasteiger charge is -2.26. The average molecular weight is 630 g/mol. The molecular weight excluding hydrogens is 599 g/mol. The van der Waals surface area contributed by atoms with Gasteiger partial charge >= 0.3 is 0 Å². The van der Waals surface area contributed by atoms with Crippen molar-refractivity contribution in [2.75, 3.05) is 4.90 Å². The van der Waals surface area contributed by atoms with Gasteiger partial charge in [-0.3, -0.25) is 0 Å². The van der Waals surface area contributed by atoms with Gasteiger partial charge in [0.1, 0.15) is 0 Å². The quantitative estimate of drug-likeness (QED) is 0.177. The summed E-state index contributed by atoms with van der Waals surface area (Å²) >= 11 is 1.88. The lowest BCUT2D eigenvalue weighted by Crippen LogP contribution is -2.09. The molecule has 1 aromatic heterocycles. The number of anilines is 3. The summed E-state index contributed by atoms with van der Waals surface area (Å²) in [5.74, 6) is 0. The third-order valence-corrected chi connectivity index (χ3v) is 10.4. The molecule has 0 spiro atoms. The molecular formula is C46H31NS. The van der Waals surface area contributed by atoms with Crippen molar-refractivity contribution in [2.24, 2.45) is 0 Å². The zero-order valence-corrected chi connectivity index (χ0v) is 27.1. The fourth-order valence-electron chi connectivity index (χ4n) is 6.76. The topological polar surface area (TPSA) is 3.24 Å². The first kappa shape index (κ1) is 28.3. The first-order chi connectivity index (χ1) is 23.8. The fraction of sp³-hybridized carbons (Fsp3) is 0. The molecule has 0 fully saturated rings. The zero-order chi connectivity index (χ0) is 31.9. The average Bonchev–Trinajstić information content (AvgIpc) is 3.52. The fourth-order valence-corrected chi connectivity index (χ4v) is 7.93. The van der Waals surface area contributed by atoms with Gasteiger partial charge in [0.15, 0.2) is 0 Å². The van der Waals surface area contributed by atoms with E-state index in [0.717, 1.165) is 17.1 Å². The monoisotopic (exact) mass is 629 g/mol. The van der Waals surface area contributed by atoms with Crippen molar-refractivity contribution >= 4 is 59.3 Å². The highest BCUT2D eigenvalue weighted by Crippen LogP contribution is 2.40. The molecule has 2 heteroatoms. The second-order valence-electron chi connectivity index (χ2n) is 12.2. The van der Waals surface area contributed by atoms with Crippen molar-refractivity contribution in [3.8, 4) is 33.4 Å². The molecule has 226 valence electrons. The van der Waals surface area contributed by atoms with E-state index >= 15 is 0 Å². The minimum absolute atomic E-state index is 1.12. The molecule has 9 aromatic rings. The highest BCUT2D eigenvalue weighted by atomic mass is 32.1. The molecule has 0 aliphatic rings. The molecule has 0 N–H and O–H groups in total. The van der Waals surface area contributed by atoms with Crippen molar-refractivity contribution in [3.05, 3.63) is 188 Å². The predicted octanol–water partition coefficient (Wildman–Crippen LogP) is 13.7. The summed E-state index contributed by atoms with van der Waals surface area (Å²) in [6.07, 6.45) is 0. The van der Waals surface area contributed by atoms with Crippen molar-refractivity contribution in [1.82, 2.24) is 0 Å². The van der Waals surface area contributed by atoms with Crippen LogP contribution >= 0.6 is 11.3 Å². The Bertz CT molecular complexity index is 2430. The standard InChI is InChI=1S/C46H31NS/c1-3-9-32(10-4-1)34-15-22-40(23-16-34)47(41-24-17-35(18-25-41)33-11-5-2-6-12-33)42-26-19-36(20-27-42)39-21-28-43-44-29-37-13-7-8-14-38(37)30-46(44)48-45(43)31-39/h1-31H. The van der Waals surface area contributed by atoms with Crippen molar-refractivity contribution in [3.63, 3.8) is 0 Å². The van der Waals surface area contributed by atoms with E-state index in [0.29, 0.717) is 0 Å². The van der Waals surface area contributed by atoms with Gasteiger partial charge in [-0.2, -0.15) is 0 Å².